The number of para-hydroxylation sites is 2. The zero-order valence-electron chi connectivity index (χ0n) is 12.0. The lowest BCUT2D eigenvalue weighted by Gasteiger charge is -2.24. The average molecular weight is 297 g/mol. The number of hydrogen-bond acceptors (Lipinski definition) is 4. The van der Waals surface area contributed by atoms with Crippen molar-refractivity contribution in [1.29, 1.82) is 0 Å². The number of carbonyl (C=O) groups is 2. The molecule has 22 heavy (non-hydrogen) atoms. The predicted molar refractivity (Wildman–Crippen MR) is 81.0 cm³/mol. The number of carbonyl (C=O) groups excluding carboxylic acids is 2. The third-order valence-electron chi connectivity index (χ3n) is 3.55. The smallest absolute Gasteiger partial charge is 0.339 e. The lowest BCUT2D eigenvalue weighted by Crippen LogP contribution is -2.38. The molecule has 0 bridgehead atoms. The Morgan fingerprint density at radius 1 is 1.18 bits per heavy atom. The minimum absolute atomic E-state index is 0.364. The minimum atomic E-state index is -0.840. The molecule has 5 nitrogen and oxygen atoms in total. The zero-order chi connectivity index (χ0) is 15.5. The molecule has 0 aromatic heterocycles. The van der Waals surface area contributed by atoms with Crippen LogP contribution in [0.1, 0.15) is 15.9 Å². The van der Waals surface area contributed by atoms with Crippen molar-refractivity contribution in [2.24, 2.45) is 0 Å². The number of benzene rings is 2. The summed E-state index contributed by atoms with van der Waals surface area (Å²) in [5, 5.41) is 2.74. The van der Waals surface area contributed by atoms with E-state index in [0.29, 0.717) is 23.4 Å². The highest BCUT2D eigenvalue weighted by Crippen LogP contribution is 2.25. The van der Waals surface area contributed by atoms with Gasteiger partial charge in [-0.3, -0.25) is 4.79 Å². The second kappa shape index (κ2) is 5.89. The maximum atomic E-state index is 12.3. The fraction of sp³-hybridized carbons (Fsp3) is 0.176. The first-order valence-electron chi connectivity index (χ1n) is 6.92. The topological polar surface area (TPSA) is 64.6 Å². The Kier molecular flexibility index (Phi) is 3.78. The molecule has 0 aliphatic carbocycles. The average Bonchev–Trinajstić information content (AvgIpc) is 2.55. The quantitative estimate of drug-likeness (QED) is 0.884. The second-order valence-electron chi connectivity index (χ2n) is 4.94. The van der Waals surface area contributed by atoms with Gasteiger partial charge in [0.05, 0.1) is 18.4 Å². The van der Waals surface area contributed by atoms with Gasteiger partial charge in [0.15, 0.2) is 6.10 Å². The van der Waals surface area contributed by atoms with Crippen LogP contribution < -0.4 is 10.1 Å². The van der Waals surface area contributed by atoms with Gasteiger partial charge in [-0.05, 0) is 23.8 Å². The maximum absolute atomic E-state index is 12.3. The summed E-state index contributed by atoms with van der Waals surface area (Å²) >= 11 is 0. The van der Waals surface area contributed by atoms with E-state index in [1.165, 1.54) is 7.11 Å². The molecule has 0 saturated heterocycles. The lowest BCUT2D eigenvalue weighted by atomic mass is 9.98. The largest absolute Gasteiger partial charge is 0.495 e. The van der Waals surface area contributed by atoms with E-state index in [1.54, 1.807) is 30.3 Å². The first-order chi connectivity index (χ1) is 10.7. The van der Waals surface area contributed by atoms with Gasteiger partial charge in [-0.2, -0.15) is 0 Å². The van der Waals surface area contributed by atoms with Gasteiger partial charge >= 0.3 is 5.97 Å². The van der Waals surface area contributed by atoms with Crippen molar-refractivity contribution in [3.8, 4) is 5.75 Å². The molecule has 1 atom stereocenters. The number of anilines is 1. The van der Waals surface area contributed by atoms with Gasteiger partial charge < -0.3 is 14.8 Å². The first kappa shape index (κ1) is 14.1. The molecule has 1 N–H and O–H groups in total. The van der Waals surface area contributed by atoms with Crippen LogP contribution in [0.5, 0.6) is 5.75 Å². The standard InChI is InChI=1S/C17H15NO4/c1-21-14-9-5-4-8-13(14)18-16(19)15-10-11-6-2-3-7-12(11)17(20)22-15/h2-9,15H,10H2,1H3,(H,18,19). The SMILES string of the molecule is COc1ccccc1NC(=O)C1Cc2ccccc2C(=O)O1. The van der Waals surface area contributed by atoms with Crippen molar-refractivity contribution in [2.75, 3.05) is 12.4 Å². The van der Waals surface area contributed by atoms with Gasteiger partial charge in [-0.1, -0.05) is 30.3 Å². The molecule has 2 aromatic rings. The van der Waals surface area contributed by atoms with Gasteiger partial charge in [-0.15, -0.1) is 0 Å². The number of rotatable bonds is 3. The van der Waals surface area contributed by atoms with Gasteiger partial charge in [0.1, 0.15) is 5.75 Å². The number of esters is 1. The highest BCUT2D eigenvalue weighted by atomic mass is 16.5. The van der Waals surface area contributed by atoms with Crippen LogP contribution in [0.25, 0.3) is 0 Å². The van der Waals surface area contributed by atoms with Crippen molar-refractivity contribution in [1.82, 2.24) is 0 Å². The van der Waals surface area contributed by atoms with E-state index < -0.39 is 12.1 Å². The van der Waals surface area contributed by atoms with Crippen molar-refractivity contribution in [3.63, 3.8) is 0 Å². The molecule has 0 fully saturated rings. The van der Waals surface area contributed by atoms with Gasteiger partial charge in [-0.25, -0.2) is 4.79 Å². The Bertz CT molecular complexity index is 726. The Morgan fingerprint density at radius 2 is 1.91 bits per heavy atom. The van der Waals surface area contributed by atoms with Crippen LogP contribution in [0, 0.1) is 0 Å². The summed E-state index contributed by atoms with van der Waals surface area (Å²) in [4.78, 5) is 24.3. The van der Waals surface area contributed by atoms with Crippen LogP contribution in [0.15, 0.2) is 48.5 Å². The van der Waals surface area contributed by atoms with E-state index in [0.717, 1.165) is 5.56 Å². The second-order valence-corrected chi connectivity index (χ2v) is 4.94. The van der Waals surface area contributed by atoms with Crippen LogP contribution >= 0.6 is 0 Å². The molecule has 3 rings (SSSR count). The monoisotopic (exact) mass is 297 g/mol. The summed E-state index contributed by atoms with van der Waals surface area (Å²) in [5.74, 6) is -0.284. The number of methoxy groups -OCH3 is 1. The van der Waals surface area contributed by atoms with Crippen LogP contribution in [-0.2, 0) is 16.0 Å². The van der Waals surface area contributed by atoms with Gasteiger partial charge in [0, 0.05) is 6.42 Å². The summed E-state index contributed by atoms with van der Waals surface area (Å²) in [6, 6.07) is 14.2. The molecule has 0 saturated carbocycles. The number of amides is 1. The van der Waals surface area contributed by atoms with Crippen LogP contribution in [0.3, 0.4) is 0 Å². The normalized spacial score (nSPS) is 16.4. The Morgan fingerprint density at radius 3 is 2.73 bits per heavy atom. The summed E-state index contributed by atoms with van der Waals surface area (Å²) in [6.45, 7) is 0. The number of hydrogen-bond donors (Lipinski definition) is 1. The number of nitrogens with one attached hydrogen (secondary N) is 1. The highest BCUT2D eigenvalue weighted by Gasteiger charge is 2.31. The Hall–Kier alpha value is -2.82. The van der Waals surface area contributed by atoms with Crippen molar-refractivity contribution in [2.45, 2.75) is 12.5 Å². The summed E-state index contributed by atoms with van der Waals surface area (Å²) in [7, 11) is 1.53. The first-order valence-corrected chi connectivity index (χ1v) is 6.92. The predicted octanol–water partition coefficient (Wildman–Crippen LogP) is 2.42. The Labute approximate surface area is 127 Å². The minimum Gasteiger partial charge on any atom is -0.495 e. The lowest BCUT2D eigenvalue weighted by molar-refractivity contribution is -0.125. The molecule has 1 amide bonds. The zero-order valence-corrected chi connectivity index (χ0v) is 12.0. The van der Waals surface area contributed by atoms with E-state index >= 15 is 0 Å². The Balaban J connectivity index is 1.78. The summed E-state index contributed by atoms with van der Waals surface area (Å²) in [6.07, 6.45) is -0.476. The molecule has 1 unspecified atom stereocenters. The van der Waals surface area contributed by atoms with Crippen molar-refractivity contribution >= 4 is 17.6 Å². The number of fused-ring (bicyclic) bond motifs is 1. The van der Waals surface area contributed by atoms with Crippen LogP contribution in [-0.4, -0.2) is 25.1 Å². The van der Waals surface area contributed by atoms with Crippen molar-refractivity contribution in [3.05, 3.63) is 59.7 Å². The fourth-order valence-electron chi connectivity index (χ4n) is 2.44. The van der Waals surface area contributed by atoms with E-state index in [-0.39, 0.29) is 5.91 Å². The van der Waals surface area contributed by atoms with Gasteiger partial charge in [0.25, 0.3) is 5.91 Å². The molecular formula is C17H15NO4. The fourth-order valence-corrected chi connectivity index (χ4v) is 2.44. The highest BCUT2D eigenvalue weighted by molar-refractivity contribution is 6.00. The molecular weight excluding hydrogens is 282 g/mol. The van der Waals surface area contributed by atoms with E-state index in [1.807, 2.05) is 18.2 Å². The molecule has 5 heteroatoms. The van der Waals surface area contributed by atoms with Crippen molar-refractivity contribution < 1.29 is 19.1 Å². The molecule has 112 valence electrons. The third kappa shape index (κ3) is 2.65. The summed E-state index contributed by atoms with van der Waals surface area (Å²) < 4.78 is 10.4. The number of cyclic esters (lactones) is 1. The maximum Gasteiger partial charge on any atom is 0.339 e. The van der Waals surface area contributed by atoms with E-state index in [2.05, 4.69) is 5.32 Å². The molecule has 0 spiro atoms. The number of ether oxygens (including phenoxy) is 2. The molecule has 2 aromatic carbocycles. The molecule has 1 aliphatic rings. The van der Waals surface area contributed by atoms with Crippen LogP contribution in [0.2, 0.25) is 0 Å². The third-order valence-corrected chi connectivity index (χ3v) is 3.55. The van der Waals surface area contributed by atoms with Gasteiger partial charge in [0.2, 0.25) is 0 Å². The summed E-state index contributed by atoms with van der Waals surface area (Å²) in [5.41, 5.74) is 1.88. The van der Waals surface area contributed by atoms with E-state index in [9.17, 15) is 9.59 Å². The molecule has 0 radical (unpaired) electrons. The molecule has 1 heterocycles. The van der Waals surface area contributed by atoms with E-state index in [4.69, 9.17) is 9.47 Å². The van der Waals surface area contributed by atoms with Crippen LogP contribution in [0.4, 0.5) is 5.69 Å². The molecule has 1 aliphatic heterocycles.